The molecular formula is C4H7IN4. The van der Waals surface area contributed by atoms with Gasteiger partial charge in [0.2, 0.25) is 12.2 Å². The van der Waals surface area contributed by atoms with E-state index in [-0.39, 0.29) is 5.96 Å². The van der Waals surface area contributed by atoms with Crippen LogP contribution in [0.3, 0.4) is 0 Å². The molecule has 0 fully saturated rings. The number of nitrogens with zero attached hydrogens (tertiary/aromatic N) is 2. The highest BCUT2D eigenvalue weighted by Crippen LogP contribution is 1.74. The van der Waals surface area contributed by atoms with E-state index < -0.39 is 0 Å². The number of rotatable bonds is 2. The molecule has 0 aliphatic rings. The standard InChI is InChI=1S/C4H7IN4/c5-1-2-8-4(7)9-3-6/h1-2H2,(H3,7,8,9). The molecule has 0 amide bonds. The van der Waals surface area contributed by atoms with Crippen LogP contribution in [0.2, 0.25) is 0 Å². The lowest BCUT2D eigenvalue weighted by Gasteiger charge is -1.97. The number of aliphatic imine (C=N–C) groups is 1. The Hall–Kier alpha value is -0.510. The molecule has 0 heterocycles. The zero-order valence-corrected chi connectivity index (χ0v) is 6.92. The summed E-state index contributed by atoms with van der Waals surface area (Å²) in [5.41, 5.74) is 5.18. The van der Waals surface area contributed by atoms with Gasteiger partial charge in [0.15, 0.2) is 0 Å². The number of hydrogen-bond acceptors (Lipinski definition) is 2. The monoisotopic (exact) mass is 238 g/mol. The molecule has 9 heavy (non-hydrogen) atoms. The molecule has 0 spiro atoms. The second kappa shape index (κ2) is 5.62. The molecule has 0 atom stereocenters. The Labute approximate surface area is 67.3 Å². The zero-order chi connectivity index (χ0) is 7.11. The summed E-state index contributed by atoms with van der Waals surface area (Å²) in [7, 11) is 0. The summed E-state index contributed by atoms with van der Waals surface area (Å²) >= 11 is 2.19. The topological polar surface area (TPSA) is 74.2 Å². The van der Waals surface area contributed by atoms with Crippen LogP contribution in [-0.4, -0.2) is 16.9 Å². The highest BCUT2D eigenvalue weighted by atomic mass is 127. The van der Waals surface area contributed by atoms with E-state index in [2.05, 4.69) is 32.9 Å². The first-order chi connectivity index (χ1) is 4.31. The summed E-state index contributed by atoms with van der Waals surface area (Å²) in [6.45, 7) is 0.748. The molecule has 0 rings (SSSR count). The van der Waals surface area contributed by atoms with Crippen LogP contribution < -0.4 is 11.1 Å². The molecule has 4 nitrogen and oxygen atoms in total. The molecule has 0 radical (unpaired) electrons. The number of alkyl halides is 1. The van der Waals surface area contributed by atoms with Crippen LogP contribution >= 0.6 is 22.6 Å². The molecule has 0 aromatic rings. The van der Waals surface area contributed by atoms with Gasteiger partial charge in [0, 0.05) is 11.0 Å². The Morgan fingerprint density at radius 1 is 1.89 bits per heavy atom. The molecule has 0 bridgehead atoms. The van der Waals surface area contributed by atoms with Crippen molar-refractivity contribution >= 4 is 28.6 Å². The SMILES string of the molecule is N#C/N=C(\N)NCCI. The molecule has 50 valence electrons. The van der Waals surface area contributed by atoms with E-state index >= 15 is 0 Å². The van der Waals surface area contributed by atoms with Crippen molar-refractivity contribution in [3.8, 4) is 6.19 Å². The summed E-state index contributed by atoms with van der Waals surface area (Å²) < 4.78 is 0.944. The Bertz CT molecular complexity index is 136. The van der Waals surface area contributed by atoms with Gasteiger partial charge < -0.3 is 11.1 Å². The second-order valence-electron chi connectivity index (χ2n) is 1.21. The second-order valence-corrected chi connectivity index (χ2v) is 2.29. The highest BCUT2D eigenvalue weighted by molar-refractivity contribution is 14.1. The Morgan fingerprint density at radius 2 is 2.56 bits per heavy atom. The van der Waals surface area contributed by atoms with Crippen molar-refractivity contribution < 1.29 is 0 Å². The molecule has 0 aromatic heterocycles. The zero-order valence-electron chi connectivity index (χ0n) is 4.76. The largest absolute Gasteiger partial charge is 0.369 e. The smallest absolute Gasteiger partial charge is 0.209 e. The lowest BCUT2D eigenvalue weighted by molar-refractivity contribution is 0.975. The lowest BCUT2D eigenvalue weighted by atomic mass is 10.7. The van der Waals surface area contributed by atoms with Gasteiger partial charge in [-0.3, -0.25) is 0 Å². The fraction of sp³-hybridized carbons (Fsp3) is 0.500. The molecule has 0 saturated heterocycles. The molecule has 3 N–H and O–H groups in total. The van der Waals surface area contributed by atoms with Gasteiger partial charge in [-0.05, 0) is 0 Å². The summed E-state index contributed by atoms with van der Waals surface area (Å²) in [5, 5.41) is 10.7. The van der Waals surface area contributed by atoms with Crippen LogP contribution in [0.4, 0.5) is 0 Å². The molecule has 0 saturated carbocycles. The fourth-order valence-corrected chi connectivity index (χ4v) is 0.538. The van der Waals surface area contributed by atoms with E-state index in [1.54, 1.807) is 6.19 Å². The van der Waals surface area contributed by atoms with Gasteiger partial charge in [-0.15, -0.1) is 4.99 Å². The molecular weight excluding hydrogens is 231 g/mol. The van der Waals surface area contributed by atoms with Crippen molar-refractivity contribution in [1.82, 2.24) is 5.32 Å². The van der Waals surface area contributed by atoms with E-state index in [4.69, 9.17) is 11.0 Å². The highest BCUT2D eigenvalue weighted by Gasteiger charge is 1.85. The van der Waals surface area contributed by atoms with Crippen LogP contribution in [0.15, 0.2) is 4.99 Å². The van der Waals surface area contributed by atoms with Crippen molar-refractivity contribution in [3.63, 3.8) is 0 Å². The van der Waals surface area contributed by atoms with Gasteiger partial charge in [0.25, 0.3) is 0 Å². The van der Waals surface area contributed by atoms with Gasteiger partial charge in [0.1, 0.15) is 0 Å². The van der Waals surface area contributed by atoms with E-state index in [1.807, 2.05) is 0 Å². The van der Waals surface area contributed by atoms with Gasteiger partial charge in [-0.1, -0.05) is 22.6 Å². The van der Waals surface area contributed by atoms with Gasteiger partial charge in [-0.25, -0.2) is 0 Å². The maximum atomic E-state index is 7.98. The number of nitrogens with one attached hydrogen (secondary N) is 1. The maximum absolute atomic E-state index is 7.98. The number of nitrogens with two attached hydrogens (primary N) is 1. The fourth-order valence-electron chi connectivity index (χ4n) is 0.269. The minimum absolute atomic E-state index is 0.189. The lowest BCUT2D eigenvalue weighted by Crippen LogP contribution is -2.32. The summed E-state index contributed by atoms with van der Waals surface area (Å²) in [5.74, 6) is 0.189. The van der Waals surface area contributed by atoms with Crippen LogP contribution in [0.25, 0.3) is 0 Å². The van der Waals surface area contributed by atoms with Crippen molar-refractivity contribution in [3.05, 3.63) is 0 Å². The van der Waals surface area contributed by atoms with Crippen LogP contribution in [0, 0.1) is 11.5 Å². The Morgan fingerprint density at radius 3 is 3.00 bits per heavy atom. The summed E-state index contributed by atoms with van der Waals surface area (Å²) in [6.07, 6.45) is 1.57. The van der Waals surface area contributed by atoms with Crippen molar-refractivity contribution in [2.24, 2.45) is 10.7 Å². The number of guanidine groups is 1. The minimum atomic E-state index is 0.189. The van der Waals surface area contributed by atoms with E-state index in [9.17, 15) is 0 Å². The average Bonchev–Trinajstić information content (AvgIpc) is 1.85. The molecule has 0 aliphatic carbocycles. The van der Waals surface area contributed by atoms with Crippen molar-refractivity contribution in [2.75, 3.05) is 11.0 Å². The minimum Gasteiger partial charge on any atom is -0.369 e. The normalized spacial score (nSPS) is 10.4. The number of hydrogen-bond donors (Lipinski definition) is 2. The number of nitriles is 1. The van der Waals surface area contributed by atoms with Crippen LogP contribution in [-0.2, 0) is 0 Å². The Balaban J connectivity index is 3.40. The predicted molar refractivity (Wildman–Crippen MR) is 44.1 cm³/mol. The average molecular weight is 238 g/mol. The van der Waals surface area contributed by atoms with E-state index in [0.29, 0.717) is 0 Å². The first-order valence-corrected chi connectivity index (χ1v) is 3.86. The first-order valence-electron chi connectivity index (χ1n) is 2.33. The van der Waals surface area contributed by atoms with Crippen molar-refractivity contribution in [2.45, 2.75) is 0 Å². The predicted octanol–water partition coefficient (Wildman–Crippen LogP) is -0.193. The molecule has 0 unspecified atom stereocenters. The van der Waals surface area contributed by atoms with Gasteiger partial charge in [-0.2, -0.15) is 5.26 Å². The Kier molecular flexibility index (Phi) is 5.30. The summed E-state index contributed by atoms with van der Waals surface area (Å²) in [4.78, 5) is 3.25. The third-order valence-electron chi connectivity index (χ3n) is 0.571. The molecule has 0 aromatic carbocycles. The van der Waals surface area contributed by atoms with Crippen LogP contribution in [0.1, 0.15) is 0 Å². The van der Waals surface area contributed by atoms with Gasteiger partial charge >= 0.3 is 0 Å². The number of halogens is 1. The molecule has 0 aliphatic heterocycles. The van der Waals surface area contributed by atoms with Gasteiger partial charge in [0.05, 0.1) is 0 Å². The summed E-state index contributed by atoms with van der Waals surface area (Å²) in [6, 6.07) is 0. The first kappa shape index (κ1) is 8.49. The van der Waals surface area contributed by atoms with E-state index in [0.717, 1.165) is 11.0 Å². The third kappa shape index (κ3) is 5.36. The maximum Gasteiger partial charge on any atom is 0.209 e. The molecule has 5 heteroatoms. The quantitative estimate of drug-likeness (QED) is 0.230. The van der Waals surface area contributed by atoms with Crippen molar-refractivity contribution in [1.29, 1.82) is 5.26 Å². The third-order valence-corrected chi connectivity index (χ3v) is 1.11. The van der Waals surface area contributed by atoms with Crippen LogP contribution in [0.5, 0.6) is 0 Å². The van der Waals surface area contributed by atoms with E-state index in [1.165, 1.54) is 0 Å².